The van der Waals surface area contributed by atoms with Crippen molar-refractivity contribution in [1.82, 2.24) is 4.90 Å². The summed E-state index contributed by atoms with van der Waals surface area (Å²) in [7, 11) is 0. The first-order valence-electron chi connectivity index (χ1n) is 4.88. The topological polar surface area (TPSA) is 12.5 Å². The molecule has 0 aromatic heterocycles. The van der Waals surface area contributed by atoms with Gasteiger partial charge in [0.15, 0.2) is 0 Å². The van der Waals surface area contributed by atoms with Crippen LogP contribution in [0.1, 0.15) is 19.8 Å². The molecular formula is C10H17NO. The van der Waals surface area contributed by atoms with E-state index in [9.17, 15) is 0 Å². The normalized spacial score (nSPS) is 30.6. The minimum absolute atomic E-state index is 0.864. The first-order valence-corrected chi connectivity index (χ1v) is 4.88. The molecule has 2 rings (SSSR count). The lowest BCUT2D eigenvalue weighted by atomic mass is 10.1. The number of rotatable bonds is 1. The summed E-state index contributed by atoms with van der Waals surface area (Å²) in [6.45, 7) is 6.33. The third-order valence-corrected chi connectivity index (χ3v) is 2.73. The van der Waals surface area contributed by atoms with Crippen molar-refractivity contribution in [3.63, 3.8) is 0 Å². The molecule has 2 heteroatoms. The Morgan fingerprint density at radius 2 is 2.17 bits per heavy atom. The van der Waals surface area contributed by atoms with E-state index in [1.165, 1.54) is 12.8 Å². The highest BCUT2D eigenvalue weighted by molar-refractivity contribution is 5.09. The zero-order valence-electron chi connectivity index (χ0n) is 7.75. The van der Waals surface area contributed by atoms with Crippen molar-refractivity contribution < 1.29 is 4.74 Å². The van der Waals surface area contributed by atoms with Gasteiger partial charge in [-0.05, 0) is 18.8 Å². The minimum Gasteiger partial charge on any atom is -0.378 e. The van der Waals surface area contributed by atoms with Gasteiger partial charge in [0.25, 0.3) is 0 Å². The van der Waals surface area contributed by atoms with E-state index in [4.69, 9.17) is 4.74 Å². The Morgan fingerprint density at radius 1 is 1.42 bits per heavy atom. The van der Waals surface area contributed by atoms with Crippen molar-refractivity contribution in [2.24, 2.45) is 5.92 Å². The highest BCUT2D eigenvalue weighted by atomic mass is 16.5. The quantitative estimate of drug-likeness (QED) is 0.588. The SMILES string of the molecule is CC1CC=C(N2CCOCC2)C1. The maximum absolute atomic E-state index is 5.32. The van der Waals surface area contributed by atoms with Gasteiger partial charge in [0.1, 0.15) is 0 Å². The van der Waals surface area contributed by atoms with Crippen LogP contribution in [0, 0.1) is 5.92 Å². The molecule has 2 nitrogen and oxygen atoms in total. The standard InChI is InChI=1S/C10H17NO/c1-9-2-3-10(8-9)11-4-6-12-7-5-11/h3,9H,2,4-8H2,1H3. The van der Waals surface area contributed by atoms with Crippen molar-refractivity contribution in [2.75, 3.05) is 26.3 Å². The number of hydrogen-bond acceptors (Lipinski definition) is 2. The fraction of sp³-hybridized carbons (Fsp3) is 0.800. The molecular weight excluding hydrogens is 150 g/mol. The molecule has 1 atom stereocenters. The molecule has 1 aliphatic carbocycles. The molecule has 2 aliphatic rings. The smallest absolute Gasteiger partial charge is 0.0642 e. The summed E-state index contributed by atoms with van der Waals surface area (Å²) in [4.78, 5) is 2.48. The average Bonchev–Trinajstić information content (AvgIpc) is 2.54. The highest BCUT2D eigenvalue weighted by Crippen LogP contribution is 2.27. The molecule has 0 radical (unpaired) electrons. The van der Waals surface area contributed by atoms with Crippen LogP contribution in [-0.4, -0.2) is 31.2 Å². The van der Waals surface area contributed by atoms with Crippen LogP contribution < -0.4 is 0 Å². The van der Waals surface area contributed by atoms with Crippen molar-refractivity contribution in [3.05, 3.63) is 11.8 Å². The second-order valence-corrected chi connectivity index (χ2v) is 3.84. The van der Waals surface area contributed by atoms with Gasteiger partial charge in [-0.1, -0.05) is 13.0 Å². The van der Waals surface area contributed by atoms with Crippen molar-refractivity contribution >= 4 is 0 Å². The Hall–Kier alpha value is -0.500. The molecule has 0 spiro atoms. The molecule has 1 heterocycles. The maximum atomic E-state index is 5.32. The Balaban J connectivity index is 1.91. The first kappa shape index (κ1) is 8.11. The van der Waals surface area contributed by atoms with E-state index in [1.54, 1.807) is 5.70 Å². The third-order valence-electron chi connectivity index (χ3n) is 2.73. The second-order valence-electron chi connectivity index (χ2n) is 3.84. The second kappa shape index (κ2) is 3.48. The molecule has 0 N–H and O–H groups in total. The van der Waals surface area contributed by atoms with E-state index in [-0.39, 0.29) is 0 Å². The molecule has 0 amide bonds. The first-order chi connectivity index (χ1) is 5.86. The molecule has 1 aliphatic heterocycles. The van der Waals surface area contributed by atoms with Crippen LogP contribution in [0.5, 0.6) is 0 Å². The van der Waals surface area contributed by atoms with E-state index in [0.717, 1.165) is 32.2 Å². The number of hydrogen-bond donors (Lipinski definition) is 0. The number of allylic oxidation sites excluding steroid dienone is 2. The summed E-state index contributed by atoms with van der Waals surface area (Å²) in [5.74, 6) is 0.864. The highest BCUT2D eigenvalue weighted by Gasteiger charge is 2.19. The molecule has 1 unspecified atom stereocenters. The Kier molecular flexibility index (Phi) is 2.35. The monoisotopic (exact) mass is 167 g/mol. The fourth-order valence-electron chi connectivity index (χ4n) is 1.97. The molecule has 0 aromatic rings. The van der Waals surface area contributed by atoms with Gasteiger partial charge in [-0.3, -0.25) is 0 Å². The molecule has 0 saturated carbocycles. The Morgan fingerprint density at radius 3 is 2.75 bits per heavy atom. The average molecular weight is 167 g/mol. The van der Waals surface area contributed by atoms with Crippen LogP contribution in [0.2, 0.25) is 0 Å². The lowest BCUT2D eigenvalue weighted by molar-refractivity contribution is 0.0521. The zero-order chi connectivity index (χ0) is 8.39. The van der Waals surface area contributed by atoms with Gasteiger partial charge in [0.2, 0.25) is 0 Å². The number of nitrogens with zero attached hydrogens (tertiary/aromatic N) is 1. The molecule has 1 saturated heterocycles. The summed E-state index contributed by atoms with van der Waals surface area (Å²) in [5, 5.41) is 0. The summed E-state index contributed by atoms with van der Waals surface area (Å²) < 4.78 is 5.32. The number of morpholine rings is 1. The minimum atomic E-state index is 0.864. The summed E-state index contributed by atoms with van der Waals surface area (Å²) >= 11 is 0. The van der Waals surface area contributed by atoms with Gasteiger partial charge in [0.05, 0.1) is 13.2 Å². The van der Waals surface area contributed by atoms with Gasteiger partial charge in [-0.2, -0.15) is 0 Å². The van der Waals surface area contributed by atoms with Crippen molar-refractivity contribution in [1.29, 1.82) is 0 Å². The van der Waals surface area contributed by atoms with Gasteiger partial charge in [-0.15, -0.1) is 0 Å². The Bertz CT molecular complexity index is 182. The van der Waals surface area contributed by atoms with Crippen LogP contribution >= 0.6 is 0 Å². The van der Waals surface area contributed by atoms with E-state index in [1.807, 2.05) is 0 Å². The van der Waals surface area contributed by atoms with Crippen LogP contribution in [0.4, 0.5) is 0 Å². The molecule has 0 aromatic carbocycles. The molecule has 68 valence electrons. The van der Waals surface area contributed by atoms with E-state index in [2.05, 4.69) is 17.9 Å². The maximum Gasteiger partial charge on any atom is 0.0642 e. The summed E-state index contributed by atoms with van der Waals surface area (Å²) in [5.41, 5.74) is 1.56. The van der Waals surface area contributed by atoms with Crippen LogP contribution in [-0.2, 0) is 4.74 Å². The number of ether oxygens (including phenoxy) is 1. The van der Waals surface area contributed by atoms with Crippen LogP contribution in [0.3, 0.4) is 0 Å². The lowest BCUT2D eigenvalue weighted by Gasteiger charge is -2.30. The molecule has 12 heavy (non-hydrogen) atoms. The lowest BCUT2D eigenvalue weighted by Crippen LogP contribution is -2.35. The predicted octanol–water partition coefficient (Wildman–Crippen LogP) is 1.63. The van der Waals surface area contributed by atoms with Crippen LogP contribution in [0.25, 0.3) is 0 Å². The Labute approximate surface area is 74.2 Å². The molecule has 0 bridgehead atoms. The van der Waals surface area contributed by atoms with Gasteiger partial charge in [-0.25, -0.2) is 0 Å². The van der Waals surface area contributed by atoms with Crippen molar-refractivity contribution in [3.8, 4) is 0 Å². The van der Waals surface area contributed by atoms with Gasteiger partial charge in [0, 0.05) is 18.8 Å². The molecule has 1 fully saturated rings. The fourth-order valence-corrected chi connectivity index (χ4v) is 1.97. The van der Waals surface area contributed by atoms with E-state index >= 15 is 0 Å². The van der Waals surface area contributed by atoms with Crippen molar-refractivity contribution in [2.45, 2.75) is 19.8 Å². The van der Waals surface area contributed by atoms with E-state index in [0.29, 0.717) is 0 Å². The van der Waals surface area contributed by atoms with Gasteiger partial charge < -0.3 is 9.64 Å². The van der Waals surface area contributed by atoms with Crippen LogP contribution in [0.15, 0.2) is 11.8 Å². The van der Waals surface area contributed by atoms with E-state index < -0.39 is 0 Å². The largest absolute Gasteiger partial charge is 0.378 e. The summed E-state index contributed by atoms with van der Waals surface area (Å²) in [6, 6.07) is 0. The summed E-state index contributed by atoms with van der Waals surface area (Å²) in [6.07, 6.45) is 4.95. The third kappa shape index (κ3) is 1.63. The zero-order valence-corrected chi connectivity index (χ0v) is 7.75. The van der Waals surface area contributed by atoms with Gasteiger partial charge >= 0.3 is 0 Å². The predicted molar refractivity (Wildman–Crippen MR) is 48.9 cm³/mol.